The van der Waals surface area contributed by atoms with Gasteiger partial charge in [-0.05, 0) is 83.2 Å². The SMILES string of the molecule is CC(C)(C)[Si](C)(C)OCCOc1ccc(-c2cc3ccc(OCc4ccccc4)cc3s2)cc1. The first kappa shape index (κ1) is 24.5. The summed E-state index contributed by atoms with van der Waals surface area (Å²) in [6.45, 7) is 13.1. The summed E-state index contributed by atoms with van der Waals surface area (Å²) in [5, 5.41) is 1.45. The van der Waals surface area contributed by atoms with E-state index in [9.17, 15) is 0 Å². The van der Waals surface area contributed by atoms with Gasteiger partial charge in [-0.3, -0.25) is 0 Å². The molecule has 5 heteroatoms. The van der Waals surface area contributed by atoms with E-state index >= 15 is 0 Å². The summed E-state index contributed by atoms with van der Waals surface area (Å²) in [7, 11) is -1.73. The molecule has 0 N–H and O–H groups in total. The molecule has 0 aliphatic rings. The molecule has 0 aliphatic carbocycles. The van der Waals surface area contributed by atoms with Gasteiger partial charge in [0, 0.05) is 9.58 Å². The van der Waals surface area contributed by atoms with Gasteiger partial charge >= 0.3 is 0 Å². The minimum atomic E-state index is -1.73. The van der Waals surface area contributed by atoms with E-state index in [1.165, 1.54) is 26.1 Å². The molecule has 0 fully saturated rings. The fourth-order valence-corrected chi connectivity index (χ4v) is 5.50. The summed E-state index contributed by atoms with van der Waals surface area (Å²) in [4.78, 5) is 1.24. The number of rotatable bonds is 9. The molecule has 0 radical (unpaired) electrons. The maximum Gasteiger partial charge on any atom is 0.192 e. The van der Waals surface area contributed by atoms with E-state index in [1.54, 1.807) is 11.3 Å². The lowest BCUT2D eigenvalue weighted by atomic mass is 10.1. The van der Waals surface area contributed by atoms with Gasteiger partial charge in [-0.25, -0.2) is 0 Å². The normalized spacial score (nSPS) is 12.1. The molecule has 0 unspecified atom stereocenters. The highest BCUT2D eigenvalue weighted by Crippen LogP contribution is 2.37. The van der Waals surface area contributed by atoms with Gasteiger partial charge in [0.05, 0.1) is 6.61 Å². The predicted octanol–water partition coefficient (Wildman–Crippen LogP) is 8.55. The molecule has 34 heavy (non-hydrogen) atoms. The van der Waals surface area contributed by atoms with E-state index in [4.69, 9.17) is 13.9 Å². The molecule has 3 aromatic carbocycles. The van der Waals surface area contributed by atoms with Crippen LogP contribution in [0, 0.1) is 0 Å². The third-order valence-electron chi connectivity index (χ3n) is 6.50. The summed E-state index contributed by atoms with van der Waals surface area (Å²) in [5.74, 6) is 1.77. The molecule has 178 valence electrons. The number of hydrogen-bond acceptors (Lipinski definition) is 4. The predicted molar refractivity (Wildman–Crippen MR) is 147 cm³/mol. The molecule has 4 rings (SSSR count). The molecule has 0 spiro atoms. The lowest BCUT2D eigenvalue weighted by Gasteiger charge is -2.36. The molecule has 3 nitrogen and oxygen atoms in total. The van der Waals surface area contributed by atoms with Crippen molar-refractivity contribution in [3.05, 3.63) is 84.4 Å². The molecule has 1 heterocycles. The monoisotopic (exact) mass is 490 g/mol. The van der Waals surface area contributed by atoms with Gasteiger partial charge in [-0.15, -0.1) is 11.3 Å². The van der Waals surface area contributed by atoms with E-state index in [0.717, 1.165) is 11.5 Å². The third kappa shape index (κ3) is 6.09. The van der Waals surface area contributed by atoms with E-state index < -0.39 is 8.32 Å². The zero-order chi connectivity index (χ0) is 24.2. The van der Waals surface area contributed by atoms with Crippen molar-refractivity contribution in [3.63, 3.8) is 0 Å². The number of fused-ring (bicyclic) bond motifs is 1. The minimum Gasteiger partial charge on any atom is -0.491 e. The van der Waals surface area contributed by atoms with Crippen molar-refractivity contribution in [1.29, 1.82) is 0 Å². The van der Waals surface area contributed by atoms with Gasteiger partial charge in [-0.2, -0.15) is 0 Å². The third-order valence-corrected chi connectivity index (χ3v) is 12.2. The summed E-state index contributed by atoms with van der Waals surface area (Å²) >= 11 is 1.78. The Balaban J connectivity index is 1.34. The quantitative estimate of drug-likeness (QED) is 0.174. The van der Waals surface area contributed by atoms with Crippen LogP contribution < -0.4 is 9.47 Å². The Bertz CT molecular complexity index is 1210. The van der Waals surface area contributed by atoms with Crippen LogP contribution in [0.4, 0.5) is 0 Å². The van der Waals surface area contributed by atoms with Crippen LogP contribution in [0.3, 0.4) is 0 Å². The van der Waals surface area contributed by atoms with Crippen LogP contribution in [-0.4, -0.2) is 21.5 Å². The van der Waals surface area contributed by atoms with Crippen LogP contribution in [0.25, 0.3) is 20.5 Å². The Morgan fingerprint density at radius 1 is 0.765 bits per heavy atom. The molecular formula is C29H34O3SSi. The largest absolute Gasteiger partial charge is 0.491 e. The molecule has 0 saturated heterocycles. The molecule has 0 aliphatic heterocycles. The second kappa shape index (κ2) is 10.3. The first-order valence-corrected chi connectivity index (χ1v) is 15.5. The van der Waals surface area contributed by atoms with E-state index in [-0.39, 0.29) is 5.04 Å². The van der Waals surface area contributed by atoms with Crippen LogP contribution in [0.15, 0.2) is 78.9 Å². The van der Waals surface area contributed by atoms with Crippen molar-refractivity contribution >= 4 is 29.7 Å². The number of ether oxygens (including phenoxy) is 2. The van der Waals surface area contributed by atoms with Crippen molar-refractivity contribution in [2.45, 2.75) is 45.5 Å². The van der Waals surface area contributed by atoms with Crippen molar-refractivity contribution < 1.29 is 13.9 Å². The smallest absolute Gasteiger partial charge is 0.192 e. The lowest BCUT2D eigenvalue weighted by molar-refractivity contribution is 0.203. The van der Waals surface area contributed by atoms with Crippen molar-refractivity contribution in [2.75, 3.05) is 13.2 Å². The average molecular weight is 491 g/mol. The van der Waals surface area contributed by atoms with Gasteiger partial charge in [-0.1, -0.05) is 51.1 Å². The van der Waals surface area contributed by atoms with Crippen LogP contribution in [0.2, 0.25) is 18.1 Å². The van der Waals surface area contributed by atoms with E-state index in [2.05, 4.69) is 76.3 Å². The highest BCUT2D eigenvalue weighted by molar-refractivity contribution is 7.22. The molecule has 0 amide bonds. The first-order chi connectivity index (χ1) is 16.2. The van der Waals surface area contributed by atoms with Gasteiger partial charge < -0.3 is 13.9 Å². The number of benzene rings is 3. The number of hydrogen-bond donors (Lipinski definition) is 0. The summed E-state index contributed by atoms with van der Waals surface area (Å²) in [6.07, 6.45) is 0. The zero-order valence-electron chi connectivity index (χ0n) is 20.8. The Morgan fingerprint density at radius 3 is 2.18 bits per heavy atom. The van der Waals surface area contributed by atoms with E-state index in [0.29, 0.717) is 19.8 Å². The Kier molecular flexibility index (Phi) is 7.46. The fourth-order valence-electron chi connectivity index (χ4n) is 3.37. The second-order valence-corrected chi connectivity index (χ2v) is 16.0. The standard InChI is InChI=1S/C29H34O3SSi/c1-29(2,3)34(4,5)32-18-17-30-25-14-11-23(12-15-25)27-19-24-13-16-26(20-28(24)33-27)31-21-22-9-7-6-8-10-22/h6-16,19-20H,17-18,21H2,1-5H3. The topological polar surface area (TPSA) is 27.7 Å². The van der Waals surface area contributed by atoms with Crippen LogP contribution >= 0.6 is 11.3 Å². The Hall–Kier alpha value is -2.60. The summed E-state index contributed by atoms with van der Waals surface area (Å²) < 4.78 is 19.4. The highest BCUT2D eigenvalue weighted by Gasteiger charge is 2.36. The second-order valence-electron chi connectivity index (χ2n) is 10.1. The molecule has 0 saturated carbocycles. The molecular weight excluding hydrogens is 456 g/mol. The van der Waals surface area contributed by atoms with Gasteiger partial charge in [0.2, 0.25) is 0 Å². The van der Waals surface area contributed by atoms with E-state index in [1.807, 2.05) is 36.4 Å². The van der Waals surface area contributed by atoms with Crippen molar-refractivity contribution in [2.24, 2.45) is 0 Å². The van der Waals surface area contributed by atoms with Crippen LogP contribution in [0.1, 0.15) is 26.3 Å². The zero-order valence-corrected chi connectivity index (χ0v) is 22.6. The maximum absolute atomic E-state index is 6.20. The summed E-state index contributed by atoms with van der Waals surface area (Å²) in [5.41, 5.74) is 2.36. The molecule has 1 aromatic heterocycles. The van der Waals surface area contributed by atoms with Gasteiger partial charge in [0.1, 0.15) is 24.7 Å². The minimum absolute atomic E-state index is 0.216. The molecule has 0 atom stereocenters. The fraction of sp³-hybridized carbons (Fsp3) is 0.310. The maximum atomic E-state index is 6.20. The van der Waals surface area contributed by atoms with Crippen LogP contribution in [0.5, 0.6) is 11.5 Å². The highest BCUT2D eigenvalue weighted by atomic mass is 32.1. The lowest BCUT2D eigenvalue weighted by Crippen LogP contribution is -2.41. The van der Waals surface area contributed by atoms with Crippen molar-refractivity contribution in [3.8, 4) is 21.9 Å². The van der Waals surface area contributed by atoms with Gasteiger partial charge in [0.25, 0.3) is 0 Å². The number of thiophene rings is 1. The molecule has 0 bridgehead atoms. The average Bonchev–Trinajstić information content (AvgIpc) is 3.24. The first-order valence-electron chi connectivity index (χ1n) is 11.8. The van der Waals surface area contributed by atoms with Crippen LogP contribution in [-0.2, 0) is 11.0 Å². The van der Waals surface area contributed by atoms with Gasteiger partial charge in [0.15, 0.2) is 8.32 Å². The summed E-state index contributed by atoms with van der Waals surface area (Å²) in [6, 6.07) is 27.1. The Labute approximate surface area is 208 Å². The Morgan fingerprint density at radius 2 is 1.47 bits per heavy atom. The molecule has 4 aromatic rings. The van der Waals surface area contributed by atoms with Crippen molar-refractivity contribution in [1.82, 2.24) is 0 Å².